The average molecular weight is 548 g/mol. The van der Waals surface area contributed by atoms with Crippen LogP contribution in [0.25, 0.3) is 0 Å². The number of pyridine rings is 1. The van der Waals surface area contributed by atoms with Crippen LogP contribution in [-0.2, 0) is 12.7 Å². The maximum absolute atomic E-state index is 13.4. The second-order valence-corrected chi connectivity index (χ2v) is 9.32. The second kappa shape index (κ2) is 10.3. The van der Waals surface area contributed by atoms with Crippen LogP contribution in [0.4, 0.5) is 46.8 Å². The zero-order chi connectivity index (χ0) is 28.6. The number of carbonyl (C=O) groups is 2. The number of rotatable bonds is 5. The highest BCUT2D eigenvalue weighted by molar-refractivity contribution is 6.08. The molecule has 2 N–H and O–H groups in total. The van der Waals surface area contributed by atoms with Crippen LogP contribution in [0, 0.1) is 13.8 Å². The molecule has 0 unspecified atom stereocenters. The zero-order valence-corrected chi connectivity index (χ0v) is 21.7. The number of amides is 3. The predicted molar refractivity (Wildman–Crippen MR) is 145 cm³/mol. The molecule has 0 spiro atoms. The first-order valence-corrected chi connectivity index (χ1v) is 12.2. The molecule has 0 aliphatic carbocycles. The van der Waals surface area contributed by atoms with Gasteiger partial charge in [0, 0.05) is 41.4 Å². The fraction of sp³-hybridized carbons (Fsp3) is 0.179. The van der Waals surface area contributed by atoms with Crippen molar-refractivity contribution in [2.24, 2.45) is 0 Å². The molecule has 1 aliphatic rings. The van der Waals surface area contributed by atoms with Crippen molar-refractivity contribution in [3.05, 3.63) is 94.9 Å². The number of carbonyl (C=O) groups excluding carboxylic acids is 2. The Kier molecular flexibility index (Phi) is 6.84. The van der Waals surface area contributed by atoms with Gasteiger partial charge >= 0.3 is 12.2 Å². The third-order valence-electron chi connectivity index (χ3n) is 6.38. The van der Waals surface area contributed by atoms with Crippen LogP contribution in [0.2, 0.25) is 0 Å². The molecule has 0 bridgehead atoms. The van der Waals surface area contributed by atoms with E-state index in [1.807, 2.05) is 19.1 Å². The standard InChI is InChI=1S/C28H24F3N7O2/c1-16-7-9-18(25(39)34-21-6-4-5-20(12-21)28(29,30)31)11-23(16)38-15-19-13-33-26(36-24(19)37(3)27(38)40)35-22-10-8-17(2)32-14-22/h4-14H,15H2,1-3H3,(H,34,39)(H,33,35,36). The van der Waals surface area contributed by atoms with Crippen LogP contribution in [0.3, 0.4) is 0 Å². The van der Waals surface area contributed by atoms with Crippen LogP contribution >= 0.6 is 0 Å². The molecule has 0 fully saturated rings. The predicted octanol–water partition coefficient (Wildman–Crippen LogP) is 6.08. The van der Waals surface area contributed by atoms with Gasteiger partial charge in [0.15, 0.2) is 0 Å². The summed E-state index contributed by atoms with van der Waals surface area (Å²) in [4.78, 5) is 42.4. The van der Waals surface area contributed by atoms with Crippen molar-refractivity contribution in [1.82, 2.24) is 15.0 Å². The Labute approximate surface area is 227 Å². The van der Waals surface area contributed by atoms with E-state index in [9.17, 15) is 22.8 Å². The first-order valence-electron chi connectivity index (χ1n) is 12.2. The molecule has 3 amide bonds. The molecule has 0 saturated heterocycles. The van der Waals surface area contributed by atoms with Crippen molar-refractivity contribution in [2.75, 3.05) is 27.5 Å². The molecular formula is C28H24F3N7O2. The summed E-state index contributed by atoms with van der Waals surface area (Å²) >= 11 is 0. The number of benzene rings is 2. The van der Waals surface area contributed by atoms with E-state index in [-0.39, 0.29) is 23.8 Å². The number of nitrogens with zero attached hydrogens (tertiary/aromatic N) is 5. The summed E-state index contributed by atoms with van der Waals surface area (Å²) in [5.41, 5.74) is 2.79. The topological polar surface area (TPSA) is 103 Å². The number of fused-ring (bicyclic) bond motifs is 1. The van der Waals surface area contributed by atoms with Crippen LogP contribution in [0.15, 0.2) is 67.0 Å². The number of hydrogen-bond acceptors (Lipinski definition) is 6. The average Bonchev–Trinajstić information content (AvgIpc) is 2.92. The first kappa shape index (κ1) is 26.6. The van der Waals surface area contributed by atoms with Crippen molar-refractivity contribution in [1.29, 1.82) is 0 Å². The molecule has 4 aromatic rings. The van der Waals surface area contributed by atoms with Crippen LogP contribution in [0.5, 0.6) is 0 Å². The maximum Gasteiger partial charge on any atom is 0.416 e. The lowest BCUT2D eigenvalue weighted by molar-refractivity contribution is -0.137. The lowest BCUT2D eigenvalue weighted by Crippen LogP contribution is -2.46. The van der Waals surface area contributed by atoms with E-state index in [1.165, 1.54) is 28.0 Å². The third kappa shape index (κ3) is 5.41. The van der Waals surface area contributed by atoms with Crippen molar-refractivity contribution in [3.63, 3.8) is 0 Å². The lowest BCUT2D eigenvalue weighted by atomic mass is 10.1. The van der Waals surface area contributed by atoms with E-state index in [0.29, 0.717) is 28.7 Å². The molecule has 40 heavy (non-hydrogen) atoms. The monoisotopic (exact) mass is 547 g/mol. The molecule has 2 aromatic heterocycles. The Bertz CT molecular complexity index is 1610. The van der Waals surface area contributed by atoms with Gasteiger partial charge in [0.05, 0.1) is 24.0 Å². The summed E-state index contributed by atoms with van der Waals surface area (Å²) in [6.07, 6.45) is -1.25. The summed E-state index contributed by atoms with van der Waals surface area (Å²) in [5, 5.41) is 5.58. The largest absolute Gasteiger partial charge is 0.416 e. The third-order valence-corrected chi connectivity index (χ3v) is 6.38. The van der Waals surface area contributed by atoms with Gasteiger partial charge in [-0.15, -0.1) is 0 Å². The van der Waals surface area contributed by atoms with Gasteiger partial charge in [-0.2, -0.15) is 18.2 Å². The van der Waals surface area contributed by atoms with Crippen molar-refractivity contribution in [3.8, 4) is 0 Å². The highest BCUT2D eigenvalue weighted by Gasteiger charge is 2.32. The minimum atomic E-state index is -4.53. The molecule has 5 rings (SSSR count). The van der Waals surface area contributed by atoms with E-state index in [1.54, 1.807) is 38.5 Å². The van der Waals surface area contributed by atoms with Gasteiger partial charge in [0.2, 0.25) is 5.95 Å². The van der Waals surface area contributed by atoms with Gasteiger partial charge in [-0.05, 0) is 61.9 Å². The van der Waals surface area contributed by atoms with Gasteiger partial charge in [-0.3, -0.25) is 19.6 Å². The van der Waals surface area contributed by atoms with Crippen molar-refractivity contribution < 1.29 is 22.8 Å². The molecule has 0 saturated carbocycles. The molecule has 3 heterocycles. The van der Waals surface area contributed by atoms with E-state index in [2.05, 4.69) is 25.6 Å². The van der Waals surface area contributed by atoms with Crippen LogP contribution in [-0.4, -0.2) is 33.9 Å². The fourth-order valence-electron chi connectivity index (χ4n) is 4.25. The molecule has 0 radical (unpaired) electrons. The Morgan fingerprint density at radius 3 is 2.50 bits per heavy atom. The molecular weight excluding hydrogens is 523 g/mol. The fourth-order valence-corrected chi connectivity index (χ4v) is 4.25. The van der Waals surface area contributed by atoms with E-state index >= 15 is 0 Å². The normalized spacial score (nSPS) is 13.2. The first-order chi connectivity index (χ1) is 19.0. The molecule has 0 atom stereocenters. The number of hydrogen-bond donors (Lipinski definition) is 2. The van der Waals surface area contributed by atoms with Gasteiger partial charge in [-0.1, -0.05) is 12.1 Å². The molecule has 9 nitrogen and oxygen atoms in total. The smallest absolute Gasteiger partial charge is 0.323 e. The number of urea groups is 1. The Morgan fingerprint density at radius 1 is 0.975 bits per heavy atom. The summed E-state index contributed by atoms with van der Waals surface area (Å²) in [6.45, 7) is 3.84. The Hall–Kier alpha value is -5.00. The van der Waals surface area contributed by atoms with Gasteiger partial charge in [0.1, 0.15) is 5.82 Å². The van der Waals surface area contributed by atoms with Crippen LogP contribution < -0.4 is 20.4 Å². The number of anilines is 5. The Morgan fingerprint density at radius 2 is 1.77 bits per heavy atom. The van der Waals surface area contributed by atoms with E-state index < -0.39 is 17.6 Å². The van der Waals surface area contributed by atoms with Crippen LogP contribution in [0.1, 0.15) is 32.7 Å². The number of aryl methyl sites for hydroxylation is 2. The number of halogens is 3. The summed E-state index contributed by atoms with van der Waals surface area (Å²) in [5.74, 6) is 0.139. The SMILES string of the molecule is Cc1ccc(Nc2ncc3c(n2)N(C)C(=O)N(c2cc(C(=O)Nc4cccc(C(F)(F)F)c4)ccc2C)C3)cn1. The lowest BCUT2D eigenvalue weighted by Gasteiger charge is -2.35. The van der Waals surface area contributed by atoms with Crippen molar-refractivity contribution in [2.45, 2.75) is 26.6 Å². The zero-order valence-electron chi connectivity index (χ0n) is 21.7. The van der Waals surface area contributed by atoms with Gasteiger partial charge in [-0.25, -0.2) is 9.78 Å². The highest BCUT2D eigenvalue weighted by Crippen LogP contribution is 2.33. The minimum absolute atomic E-state index is 0.00707. The molecule has 12 heteroatoms. The maximum atomic E-state index is 13.4. The van der Waals surface area contributed by atoms with Gasteiger partial charge in [0.25, 0.3) is 5.91 Å². The van der Waals surface area contributed by atoms with Gasteiger partial charge < -0.3 is 10.6 Å². The second-order valence-electron chi connectivity index (χ2n) is 9.32. The highest BCUT2D eigenvalue weighted by atomic mass is 19.4. The Balaban J connectivity index is 1.38. The number of aromatic nitrogens is 3. The minimum Gasteiger partial charge on any atom is -0.323 e. The van der Waals surface area contributed by atoms with E-state index in [4.69, 9.17) is 0 Å². The molecule has 204 valence electrons. The number of nitrogens with one attached hydrogen (secondary N) is 2. The molecule has 2 aromatic carbocycles. The van der Waals surface area contributed by atoms with Crippen molar-refractivity contribution >= 4 is 40.8 Å². The summed E-state index contributed by atoms with van der Waals surface area (Å²) in [6, 6.07) is 12.5. The quantitative estimate of drug-likeness (QED) is 0.314. The summed E-state index contributed by atoms with van der Waals surface area (Å²) < 4.78 is 39.2. The number of alkyl halides is 3. The van der Waals surface area contributed by atoms with E-state index in [0.717, 1.165) is 23.4 Å². The summed E-state index contributed by atoms with van der Waals surface area (Å²) in [7, 11) is 1.59. The molecule has 1 aliphatic heterocycles.